The van der Waals surface area contributed by atoms with Crippen molar-refractivity contribution < 1.29 is 9.53 Å². The van der Waals surface area contributed by atoms with E-state index in [1.165, 1.54) is 5.56 Å². The largest absolute Gasteiger partial charge is 0.480 e. The van der Waals surface area contributed by atoms with E-state index in [1.807, 2.05) is 64.1 Å². The number of amides is 1. The van der Waals surface area contributed by atoms with Gasteiger partial charge in [-0.2, -0.15) is 0 Å². The number of hydrogen-bond donors (Lipinski definition) is 1. The Morgan fingerprint density at radius 3 is 2.43 bits per heavy atom. The molecule has 2 aromatic carbocycles. The Kier molecular flexibility index (Phi) is 5.43. The number of anilines is 1. The van der Waals surface area contributed by atoms with Crippen molar-refractivity contribution in [2.45, 2.75) is 47.1 Å². The lowest BCUT2D eigenvalue weighted by atomic mass is 10.1. The minimum Gasteiger partial charge on any atom is -0.480 e. The van der Waals surface area contributed by atoms with Gasteiger partial charge in [0.2, 0.25) is 0 Å². The Balaban J connectivity index is 2.12. The number of carbonyl (C=O) groups is 1. The molecule has 0 bridgehead atoms. The average Bonchev–Trinajstić information content (AvgIpc) is 2.52. The van der Waals surface area contributed by atoms with Crippen molar-refractivity contribution in [1.82, 2.24) is 0 Å². The summed E-state index contributed by atoms with van der Waals surface area (Å²) in [5.41, 5.74) is 5.41. The lowest BCUT2D eigenvalue weighted by molar-refractivity contribution is -0.122. The summed E-state index contributed by atoms with van der Waals surface area (Å²) in [6.45, 7) is 10.1. The molecule has 1 amide bonds. The summed E-state index contributed by atoms with van der Waals surface area (Å²) < 4.78 is 5.95. The summed E-state index contributed by atoms with van der Waals surface area (Å²) in [7, 11) is 0. The van der Waals surface area contributed by atoms with Gasteiger partial charge in [0.25, 0.3) is 5.91 Å². The molecule has 0 unspecified atom stereocenters. The molecule has 0 radical (unpaired) electrons. The fourth-order valence-corrected chi connectivity index (χ4v) is 2.37. The molecule has 3 heteroatoms. The van der Waals surface area contributed by atoms with Crippen molar-refractivity contribution >= 4 is 11.6 Å². The molecule has 1 atom stereocenters. The topological polar surface area (TPSA) is 38.3 Å². The molecular weight excluding hydrogens is 286 g/mol. The summed E-state index contributed by atoms with van der Waals surface area (Å²) in [6, 6.07) is 11.8. The molecule has 3 nitrogen and oxygen atoms in total. The molecule has 0 aliphatic rings. The van der Waals surface area contributed by atoms with Gasteiger partial charge in [-0.05, 0) is 74.6 Å². The third-order valence-corrected chi connectivity index (χ3v) is 4.26. The first-order valence-electron chi connectivity index (χ1n) is 8.03. The Labute approximate surface area is 138 Å². The molecule has 1 N–H and O–H groups in total. The van der Waals surface area contributed by atoms with Gasteiger partial charge in [-0.1, -0.05) is 25.1 Å². The van der Waals surface area contributed by atoms with Gasteiger partial charge in [0.05, 0.1) is 0 Å². The van der Waals surface area contributed by atoms with E-state index in [9.17, 15) is 4.79 Å². The smallest absolute Gasteiger partial charge is 0.265 e. The van der Waals surface area contributed by atoms with E-state index in [1.54, 1.807) is 0 Å². The molecule has 0 aliphatic carbocycles. The van der Waals surface area contributed by atoms with Crippen LogP contribution in [0.2, 0.25) is 0 Å². The van der Waals surface area contributed by atoms with Gasteiger partial charge < -0.3 is 10.1 Å². The monoisotopic (exact) mass is 311 g/mol. The second-order valence-electron chi connectivity index (χ2n) is 6.00. The second kappa shape index (κ2) is 7.32. The van der Waals surface area contributed by atoms with Crippen LogP contribution in [0.5, 0.6) is 5.75 Å². The summed E-state index contributed by atoms with van der Waals surface area (Å²) in [4.78, 5) is 12.5. The Hall–Kier alpha value is -2.29. The highest BCUT2D eigenvalue weighted by Crippen LogP contribution is 2.23. The van der Waals surface area contributed by atoms with E-state index < -0.39 is 6.10 Å². The van der Waals surface area contributed by atoms with Gasteiger partial charge in [-0.15, -0.1) is 0 Å². The summed E-state index contributed by atoms with van der Waals surface area (Å²) in [5, 5.41) is 2.95. The highest BCUT2D eigenvalue weighted by Gasteiger charge is 2.19. The van der Waals surface area contributed by atoms with E-state index in [-0.39, 0.29) is 5.91 Å². The molecule has 0 aromatic heterocycles. The molecule has 2 aromatic rings. The molecule has 122 valence electrons. The Bertz CT molecular complexity index is 707. The molecule has 23 heavy (non-hydrogen) atoms. The van der Waals surface area contributed by atoms with Crippen LogP contribution in [0.1, 0.15) is 35.6 Å². The van der Waals surface area contributed by atoms with Crippen molar-refractivity contribution in [3.8, 4) is 5.75 Å². The first-order chi connectivity index (χ1) is 10.9. The summed E-state index contributed by atoms with van der Waals surface area (Å²) in [5.74, 6) is 0.656. The number of ether oxygens (including phenoxy) is 1. The van der Waals surface area contributed by atoms with Crippen LogP contribution in [0.15, 0.2) is 36.4 Å². The van der Waals surface area contributed by atoms with Gasteiger partial charge in [0, 0.05) is 5.69 Å². The maximum atomic E-state index is 12.5. The minimum absolute atomic E-state index is 0.114. The highest BCUT2D eigenvalue weighted by molar-refractivity contribution is 5.94. The number of nitrogens with one attached hydrogen (secondary N) is 1. The van der Waals surface area contributed by atoms with Crippen molar-refractivity contribution in [3.05, 3.63) is 58.7 Å². The maximum Gasteiger partial charge on any atom is 0.265 e. The van der Waals surface area contributed by atoms with Crippen LogP contribution in [0.4, 0.5) is 5.69 Å². The average molecular weight is 311 g/mol. The summed E-state index contributed by atoms with van der Waals surface area (Å²) in [6.07, 6.45) is 0.112. The standard InChI is InChI=1S/C20H25NO2/c1-6-18(23-19-9-7-8-14(3)16(19)5)20(22)21-17-11-10-13(2)15(4)12-17/h7-12,18H,6H2,1-5H3,(H,21,22)/t18-/m0/s1. The van der Waals surface area contributed by atoms with Crippen molar-refractivity contribution in [3.63, 3.8) is 0 Å². The van der Waals surface area contributed by atoms with Gasteiger partial charge in [-0.25, -0.2) is 0 Å². The molecule has 2 rings (SSSR count). The SMILES string of the molecule is CC[C@H](Oc1cccc(C)c1C)C(=O)Nc1ccc(C)c(C)c1. The number of rotatable bonds is 5. The van der Waals surface area contributed by atoms with Crippen molar-refractivity contribution in [2.24, 2.45) is 0 Å². The zero-order valence-electron chi connectivity index (χ0n) is 14.6. The molecule has 0 spiro atoms. The molecular formula is C20H25NO2. The van der Waals surface area contributed by atoms with Crippen molar-refractivity contribution in [2.75, 3.05) is 5.32 Å². The van der Waals surface area contributed by atoms with Gasteiger partial charge in [-0.3, -0.25) is 4.79 Å². The first kappa shape index (κ1) is 17.1. The van der Waals surface area contributed by atoms with Crippen LogP contribution < -0.4 is 10.1 Å². The number of aryl methyl sites for hydroxylation is 3. The normalized spacial score (nSPS) is 11.9. The minimum atomic E-state index is -0.503. The van der Waals surface area contributed by atoms with E-state index in [4.69, 9.17) is 4.74 Å². The third-order valence-electron chi connectivity index (χ3n) is 4.26. The molecule has 0 saturated carbocycles. The van der Waals surface area contributed by atoms with Gasteiger partial charge in [0.15, 0.2) is 6.10 Å². The Morgan fingerprint density at radius 2 is 1.78 bits per heavy atom. The van der Waals surface area contributed by atoms with Crippen LogP contribution in [0.3, 0.4) is 0 Å². The van der Waals surface area contributed by atoms with Crippen LogP contribution in [-0.4, -0.2) is 12.0 Å². The second-order valence-corrected chi connectivity index (χ2v) is 6.00. The molecule has 0 fully saturated rings. The Morgan fingerprint density at radius 1 is 1.04 bits per heavy atom. The van der Waals surface area contributed by atoms with Gasteiger partial charge >= 0.3 is 0 Å². The van der Waals surface area contributed by atoms with Crippen LogP contribution >= 0.6 is 0 Å². The number of hydrogen-bond acceptors (Lipinski definition) is 2. The lowest BCUT2D eigenvalue weighted by Crippen LogP contribution is -2.32. The zero-order valence-corrected chi connectivity index (χ0v) is 14.6. The van der Waals surface area contributed by atoms with Crippen LogP contribution in [0.25, 0.3) is 0 Å². The van der Waals surface area contributed by atoms with Crippen LogP contribution in [-0.2, 0) is 4.79 Å². The quantitative estimate of drug-likeness (QED) is 0.868. The van der Waals surface area contributed by atoms with Crippen LogP contribution in [0, 0.1) is 27.7 Å². The highest BCUT2D eigenvalue weighted by atomic mass is 16.5. The molecule has 0 aliphatic heterocycles. The predicted octanol–water partition coefficient (Wildman–Crippen LogP) is 4.72. The van der Waals surface area contributed by atoms with E-state index in [2.05, 4.69) is 12.2 Å². The maximum absolute atomic E-state index is 12.5. The first-order valence-corrected chi connectivity index (χ1v) is 8.03. The van der Waals surface area contributed by atoms with E-state index >= 15 is 0 Å². The number of carbonyl (C=O) groups excluding carboxylic acids is 1. The van der Waals surface area contributed by atoms with Crippen molar-refractivity contribution in [1.29, 1.82) is 0 Å². The zero-order chi connectivity index (χ0) is 17.0. The van der Waals surface area contributed by atoms with Gasteiger partial charge in [0.1, 0.15) is 5.75 Å². The number of benzene rings is 2. The summed E-state index contributed by atoms with van der Waals surface area (Å²) >= 11 is 0. The lowest BCUT2D eigenvalue weighted by Gasteiger charge is -2.19. The van der Waals surface area contributed by atoms with E-state index in [0.29, 0.717) is 6.42 Å². The fraction of sp³-hybridized carbons (Fsp3) is 0.350. The fourth-order valence-electron chi connectivity index (χ4n) is 2.37. The van der Waals surface area contributed by atoms with E-state index in [0.717, 1.165) is 28.1 Å². The molecule has 0 heterocycles. The third kappa shape index (κ3) is 4.13. The predicted molar refractivity (Wildman–Crippen MR) is 95.2 cm³/mol. The molecule has 0 saturated heterocycles.